The van der Waals surface area contributed by atoms with Crippen molar-refractivity contribution in [3.05, 3.63) is 199 Å². The van der Waals surface area contributed by atoms with Crippen molar-refractivity contribution >= 4 is 77.3 Å². The van der Waals surface area contributed by atoms with Gasteiger partial charge < -0.3 is 4.90 Å². The molecule has 57 heavy (non-hydrogen) atoms. The molecule has 0 N–H and O–H groups in total. The molecule has 1 aromatic heterocycles. The number of pyridine rings is 1. The lowest BCUT2D eigenvalue weighted by Crippen LogP contribution is -2.16. The molecule has 0 unspecified atom stereocenters. The van der Waals surface area contributed by atoms with E-state index in [0.717, 1.165) is 77.1 Å². The molecule has 0 atom stereocenters. The van der Waals surface area contributed by atoms with Crippen LogP contribution in [0.2, 0.25) is 0 Å². The lowest BCUT2D eigenvalue weighted by Gasteiger charge is -2.31. The zero-order valence-corrected chi connectivity index (χ0v) is 31.3. The summed E-state index contributed by atoms with van der Waals surface area (Å²) < 4.78 is 31.2. The van der Waals surface area contributed by atoms with Crippen LogP contribution in [0.5, 0.6) is 0 Å². The largest absolute Gasteiger partial charge is 0.309 e. The maximum absolute atomic E-state index is 15.9. The number of halogens is 2. The van der Waals surface area contributed by atoms with Gasteiger partial charge in [0.2, 0.25) is 0 Å². The van der Waals surface area contributed by atoms with E-state index in [1.165, 1.54) is 28.8 Å². The molecule has 272 valence electrons. The molecule has 3 nitrogen and oxygen atoms in total. The Balaban J connectivity index is 1.19. The van der Waals surface area contributed by atoms with Gasteiger partial charge in [0.15, 0.2) is 11.6 Å². The number of hydrogen-bond acceptors (Lipinski definition) is 3. The first-order chi connectivity index (χ1) is 27.9. The van der Waals surface area contributed by atoms with E-state index in [-0.39, 0.29) is 17.1 Å². The summed E-state index contributed by atoms with van der Waals surface area (Å²) in [4.78, 5) is 8.75. The van der Waals surface area contributed by atoms with Crippen molar-refractivity contribution in [1.82, 2.24) is 4.98 Å². The van der Waals surface area contributed by atoms with E-state index >= 15 is 8.78 Å². The predicted molar refractivity (Wildman–Crippen MR) is 232 cm³/mol. The van der Waals surface area contributed by atoms with Gasteiger partial charge >= 0.3 is 0 Å². The van der Waals surface area contributed by atoms with Crippen LogP contribution in [0.25, 0.3) is 54.2 Å². The van der Waals surface area contributed by atoms with Crippen LogP contribution >= 0.6 is 0 Å². The van der Waals surface area contributed by atoms with Gasteiger partial charge in [0.1, 0.15) is 5.82 Å². The van der Waals surface area contributed by atoms with E-state index in [2.05, 4.69) is 139 Å². The zero-order valence-electron chi connectivity index (χ0n) is 31.3. The highest BCUT2D eigenvalue weighted by atomic mass is 19.1. The molecule has 1 heterocycles. The smallest absolute Gasteiger partial charge is 0.174 e. The molecule has 5 heteroatoms. The quantitative estimate of drug-likeness (QED) is 0.158. The summed E-state index contributed by atoms with van der Waals surface area (Å²) in [5, 5.41) is 8.44. The third kappa shape index (κ3) is 4.98. The van der Waals surface area contributed by atoms with E-state index in [4.69, 9.17) is 0 Å². The second-order valence-corrected chi connectivity index (χ2v) is 15.5. The molecule has 10 aromatic rings. The number of anilines is 6. The molecule has 0 saturated carbocycles. The minimum atomic E-state index is -0.412. The van der Waals surface area contributed by atoms with Gasteiger partial charge in [-0.3, -0.25) is 4.90 Å². The predicted octanol–water partition coefficient (Wildman–Crippen LogP) is 14.7. The van der Waals surface area contributed by atoms with E-state index in [0.29, 0.717) is 0 Å². The van der Waals surface area contributed by atoms with Crippen LogP contribution in [0.3, 0.4) is 0 Å². The highest BCUT2D eigenvalue weighted by molar-refractivity contribution is 6.28. The summed E-state index contributed by atoms with van der Waals surface area (Å²) in [6.07, 6.45) is 1.63. The molecule has 0 spiro atoms. The number of hydrogen-bond donors (Lipinski definition) is 0. The Morgan fingerprint density at radius 2 is 1.11 bits per heavy atom. The van der Waals surface area contributed by atoms with E-state index < -0.39 is 5.82 Å². The first-order valence-electron chi connectivity index (χ1n) is 19.3. The SMILES string of the molecule is CC1(C)c2ccccc2-c2c(N(c3cccc(F)c3)c3ccc4ccc5c(N(c6ccc7ccccc7c6)c6ncccc6F)ccc6ccc3c4c65)cccc21. The molecule has 0 saturated heterocycles. The minimum Gasteiger partial charge on any atom is -0.309 e. The van der Waals surface area contributed by atoms with Gasteiger partial charge in [0.25, 0.3) is 0 Å². The lowest BCUT2D eigenvalue weighted by molar-refractivity contribution is 0.623. The van der Waals surface area contributed by atoms with E-state index in [1.54, 1.807) is 24.4 Å². The van der Waals surface area contributed by atoms with Crippen LogP contribution in [-0.2, 0) is 5.41 Å². The van der Waals surface area contributed by atoms with Crippen LogP contribution in [0.15, 0.2) is 176 Å². The molecule has 0 amide bonds. The number of fused-ring (bicyclic) bond motifs is 4. The molecule has 0 radical (unpaired) electrons. The van der Waals surface area contributed by atoms with Crippen molar-refractivity contribution in [2.75, 3.05) is 9.80 Å². The van der Waals surface area contributed by atoms with Crippen molar-refractivity contribution in [2.24, 2.45) is 0 Å². The summed E-state index contributed by atoms with van der Waals surface area (Å²) in [7, 11) is 0. The molecular weight excluding hydrogens is 705 g/mol. The maximum Gasteiger partial charge on any atom is 0.174 e. The average molecular weight is 740 g/mol. The molecule has 1 aliphatic carbocycles. The summed E-state index contributed by atoms with van der Waals surface area (Å²) in [5.41, 5.74) is 8.91. The zero-order chi connectivity index (χ0) is 38.4. The maximum atomic E-state index is 15.9. The van der Waals surface area contributed by atoms with Crippen molar-refractivity contribution in [2.45, 2.75) is 19.3 Å². The molecule has 0 aliphatic heterocycles. The standard InChI is InChI=1S/C52H35F2N3/c1-52(2)42-15-6-5-14-39(42)50-43(52)16-8-18-47(50)56(37-13-7-12-36(53)31-37)45-27-22-33-21-26-41-46(28-23-34-20-25-40(45)48(33)49(34)41)57(51-44(54)17-9-29-55-51)38-24-19-32-10-3-4-11-35(32)30-38/h3-31H,1-2H3. The first kappa shape index (κ1) is 33.2. The average Bonchev–Trinajstić information content (AvgIpc) is 3.48. The van der Waals surface area contributed by atoms with E-state index in [1.807, 2.05) is 29.2 Å². The summed E-state index contributed by atoms with van der Waals surface area (Å²) in [6, 6.07) is 56.6. The van der Waals surface area contributed by atoms with Gasteiger partial charge in [-0.1, -0.05) is 123 Å². The number of nitrogens with zero attached hydrogens (tertiary/aromatic N) is 3. The first-order valence-corrected chi connectivity index (χ1v) is 19.3. The van der Waals surface area contributed by atoms with Gasteiger partial charge in [-0.15, -0.1) is 0 Å². The Bertz CT molecular complexity index is 3220. The summed E-state index contributed by atoms with van der Waals surface area (Å²) >= 11 is 0. The van der Waals surface area contributed by atoms with Gasteiger partial charge in [-0.05, 0) is 110 Å². The van der Waals surface area contributed by atoms with Crippen LogP contribution in [0, 0.1) is 11.6 Å². The van der Waals surface area contributed by atoms with E-state index in [9.17, 15) is 0 Å². The Hall–Kier alpha value is -7.11. The lowest BCUT2D eigenvalue weighted by atomic mass is 9.82. The van der Waals surface area contributed by atoms with Crippen LogP contribution in [0.4, 0.5) is 43.0 Å². The highest BCUT2D eigenvalue weighted by Gasteiger charge is 2.38. The molecule has 9 aromatic carbocycles. The molecule has 11 rings (SSSR count). The third-order valence-corrected chi connectivity index (χ3v) is 11.9. The minimum absolute atomic E-state index is 0.210. The molecule has 0 fully saturated rings. The summed E-state index contributed by atoms with van der Waals surface area (Å²) in [6.45, 7) is 4.56. The fraction of sp³-hybridized carbons (Fsp3) is 0.0577. The summed E-state index contributed by atoms with van der Waals surface area (Å²) in [5.74, 6) is -0.491. The molecule has 0 bridgehead atoms. The van der Waals surface area contributed by atoms with Gasteiger partial charge in [0, 0.05) is 39.3 Å². The van der Waals surface area contributed by atoms with Crippen LogP contribution in [0.1, 0.15) is 25.0 Å². The Morgan fingerprint density at radius 1 is 0.474 bits per heavy atom. The fourth-order valence-electron chi connectivity index (χ4n) is 9.34. The number of rotatable bonds is 6. The second kappa shape index (κ2) is 12.5. The number of benzene rings is 9. The Morgan fingerprint density at radius 3 is 1.86 bits per heavy atom. The van der Waals surface area contributed by atoms with Crippen molar-refractivity contribution < 1.29 is 8.78 Å². The van der Waals surface area contributed by atoms with Gasteiger partial charge in [0.05, 0.1) is 17.1 Å². The Labute approximate surface area is 329 Å². The normalized spacial score (nSPS) is 13.1. The monoisotopic (exact) mass is 739 g/mol. The fourth-order valence-corrected chi connectivity index (χ4v) is 9.34. The van der Waals surface area contributed by atoms with Crippen LogP contribution < -0.4 is 9.80 Å². The highest BCUT2D eigenvalue weighted by Crippen LogP contribution is 2.55. The van der Waals surface area contributed by atoms with Crippen molar-refractivity contribution in [1.29, 1.82) is 0 Å². The van der Waals surface area contributed by atoms with Crippen molar-refractivity contribution in [3.8, 4) is 11.1 Å². The second-order valence-electron chi connectivity index (χ2n) is 15.5. The number of aromatic nitrogens is 1. The molecule has 1 aliphatic rings. The van der Waals surface area contributed by atoms with Crippen molar-refractivity contribution in [3.63, 3.8) is 0 Å². The molecular formula is C52H35F2N3. The van der Waals surface area contributed by atoms with Gasteiger partial charge in [-0.2, -0.15) is 0 Å². The van der Waals surface area contributed by atoms with Crippen LogP contribution in [-0.4, -0.2) is 4.98 Å². The Kier molecular flexibility index (Phi) is 7.26. The van der Waals surface area contributed by atoms with Gasteiger partial charge in [-0.25, -0.2) is 13.8 Å². The topological polar surface area (TPSA) is 19.4 Å². The third-order valence-electron chi connectivity index (χ3n) is 11.9.